The maximum atomic E-state index is 13.0. The smallest absolute Gasteiger partial charge is 0.242 e. The molecule has 2 saturated heterocycles. The molecule has 2 aromatic carbocycles. The first-order valence-electron chi connectivity index (χ1n) is 10.4. The van der Waals surface area contributed by atoms with E-state index in [9.17, 15) is 14.4 Å². The Labute approximate surface area is 171 Å². The van der Waals surface area contributed by atoms with Gasteiger partial charge in [-0.2, -0.15) is 0 Å². The second-order valence-electron chi connectivity index (χ2n) is 7.91. The summed E-state index contributed by atoms with van der Waals surface area (Å²) in [5.74, 6) is -0.0671. The highest BCUT2D eigenvalue weighted by molar-refractivity contribution is 5.98. The van der Waals surface area contributed by atoms with Crippen molar-refractivity contribution in [1.82, 2.24) is 9.80 Å². The van der Waals surface area contributed by atoms with Crippen LogP contribution in [0.5, 0.6) is 0 Å². The standard InChI is InChI=1S/C24H26N2O3/c27-22-9-5-15-26(22)17-23(28)25-14-4-8-21(16-25)24(29)20-12-10-19(11-13-20)18-6-2-1-3-7-18/h1-3,6-7,10-13,21H,4-5,8-9,14-17H2. The Kier molecular flexibility index (Phi) is 5.74. The maximum Gasteiger partial charge on any atom is 0.242 e. The van der Waals surface area contributed by atoms with Crippen LogP contribution in [0.2, 0.25) is 0 Å². The van der Waals surface area contributed by atoms with Crippen LogP contribution in [0, 0.1) is 5.92 Å². The van der Waals surface area contributed by atoms with E-state index in [1.165, 1.54) is 0 Å². The molecule has 29 heavy (non-hydrogen) atoms. The van der Waals surface area contributed by atoms with Crippen molar-refractivity contribution < 1.29 is 14.4 Å². The predicted octanol–water partition coefficient (Wildman–Crippen LogP) is 3.40. The van der Waals surface area contributed by atoms with Gasteiger partial charge < -0.3 is 9.80 Å². The Hall–Kier alpha value is -2.95. The fourth-order valence-electron chi connectivity index (χ4n) is 4.25. The number of Topliss-reactive ketones (excluding diaryl/α,β-unsaturated/α-hetero) is 1. The topological polar surface area (TPSA) is 57.7 Å². The van der Waals surface area contributed by atoms with Gasteiger partial charge in [0, 0.05) is 37.5 Å². The van der Waals surface area contributed by atoms with E-state index >= 15 is 0 Å². The molecule has 0 saturated carbocycles. The van der Waals surface area contributed by atoms with Gasteiger partial charge in [-0.15, -0.1) is 0 Å². The molecule has 0 radical (unpaired) electrons. The largest absolute Gasteiger partial charge is 0.340 e. The number of ketones is 1. The molecule has 2 amide bonds. The lowest BCUT2D eigenvalue weighted by Crippen LogP contribution is -2.46. The van der Waals surface area contributed by atoms with Crippen molar-refractivity contribution in [3.63, 3.8) is 0 Å². The summed E-state index contributed by atoms with van der Waals surface area (Å²) in [4.78, 5) is 40.8. The van der Waals surface area contributed by atoms with Crippen LogP contribution in [-0.2, 0) is 9.59 Å². The molecule has 1 unspecified atom stereocenters. The summed E-state index contributed by atoms with van der Waals surface area (Å²) in [5.41, 5.74) is 2.90. The van der Waals surface area contributed by atoms with Crippen LogP contribution in [0.25, 0.3) is 11.1 Å². The van der Waals surface area contributed by atoms with Gasteiger partial charge in [-0.05, 0) is 30.4 Å². The van der Waals surface area contributed by atoms with Crippen LogP contribution in [-0.4, -0.2) is 53.6 Å². The van der Waals surface area contributed by atoms with E-state index in [0.717, 1.165) is 30.4 Å². The number of benzene rings is 2. The minimum atomic E-state index is -0.176. The number of carbonyl (C=O) groups is 3. The van der Waals surface area contributed by atoms with Gasteiger partial charge in [0.1, 0.15) is 0 Å². The summed E-state index contributed by atoms with van der Waals surface area (Å²) in [5, 5.41) is 0. The molecular formula is C24H26N2O3. The quantitative estimate of drug-likeness (QED) is 0.736. The van der Waals surface area contributed by atoms with Gasteiger partial charge >= 0.3 is 0 Å². The van der Waals surface area contributed by atoms with E-state index < -0.39 is 0 Å². The molecule has 5 heteroatoms. The van der Waals surface area contributed by atoms with Crippen LogP contribution in [0.4, 0.5) is 0 Å². The molecule has 1 atom stereocenters. The van der Waals surface area contributed by atoms with Crippen molar-refractivity contribution in [3.05, 3.63) is 60.2 Å². The average molecular weight is 390 g/mol. The van der Waals surface area contributed by atoms with Gasteiger partial charge in [0.15, 0.2) is 5.78 Å². The summed E-state index contributed by atoms with van der Waals surface area (Å²) in [7, 11) is 0. The van der Waals surface area contributed by atoms with Gasteiger partial charge in [-0.25, -0.2) is 0 Å². The highest BCUT2D eigenvalue weighted by Crippen LogP contribution is 2.24. The molecule has 2 aliphatic rings. The molecule has 0 aliphatic carbocycles. The molecule has 2 heterocycles. The number of carbonyl (C=O) groups excluding carboxylic acids is 3. The fourth-order valence-corrected chi connectivity index (χ4v) is 4.25. The highest BCUT2D eigenvalue weighted by Gasteiger charge is 2.31. The third kappa shape index (κ3) is 4.39. The molecule has 150 valence electrons. The molecule has 4 rings (SSSR count). The molecule has 0 spiro atoms. The SMILES string of the molecule is O=C(c1ccc(-c2ccccc2)cc1)C1CCCN(C(=O)CN2CCCC2=O)C1. The molecule has 2 aromatic rings. The van der Waals surface area contributed by atoms with Gasteiger partial charge in [0.05, 0.1) is 6.54 Å². The number of piperidine rings is 1. The van der Waals surface area contributed by atoms with Crippen LogP contribution >= 0.6 is 0 Å². The van der Waals surface area contributed by atoms with Gasteiger partial charge in [-0.1, -0.05) is 54.6 Å². The molecule has 0 bridgehead atoms. The Bertz CT molecular complexity index is 892. The first-order chi connectivity index (χ1) is 14.1. The Balaban J connectivity index is 1.39. The van der Waals surface area contributed by atoms with Crippen molar-refractivity contribution in [2.45, 2.75) is 25.7 Å². The molecule has 2 aliphatic heterocycles. The number of hydrogen-bond acceptors (Lipinski definition) is 3. The third-order valence-electron chi connectivity index (χ3n) is 5.92. The van der Waals surface area contributed by atoms with E-state index in [1.54, 1.807) is 9.80 Å². The molecule has 0 N–H and O–H groups in total. The summed E-state index contributed by atoms with van der Waals surface area (Å²) in [6.45, 7) is 1.91. The monoisotopic (exact) mass is 390 g/mol. The molecular weight excluding hydrogens is 364 g/mol. The number of rotatable bonds is 5. The van der Waals surface area contributed by atoms with Crippen molar-refractivity contribution in [2.24, 2.45) is 5.92 Å². The zero-order chi connectivity index (χ0) is 20.2. The first-order valence-corrected chi connectivity index (χ1v) is 10.4. The normalized spacial score (nSPS) is 19.4. The van der Waals surface area contributed by atoms with Crippen LogP contribution in [0.15, 0.2) is 54.6 Å². The van der Waals surface area contributed by atoms with Crippen molar-refractivity contribution in [3.8, 4) is 11.1 Å². The average Bonchev–Trinajstić information content (AvgIpc) is 3.18. The minimum Gasteiger partial charge on any atom is -0.340 e. The first kappa shape index (κ1) is 19.4. The van der Waals surface area contributed by atoms with Gasteiger partial charge in [0.25, 0.3) is 0 Å². The van der Waals surface area contributed by atoms with Crippen molar-refractivity contribution >= 4 is 17.6 Å². The van der Waals surface area contributed by atoms with E-state index in [1.807, 2.05) is 54.6 Å². The van der Waals surface area contributed by atoms with Crippen molar-refractivity contribution in [2.75, 3.05) is 26.2 Å². The van der Waals surface area contributed by atoms with Crippen LogP contribution in [0.1, 0.15) is 36.0 Å². The van der Waals surface area contributed by atoms with Gasteiger partial charge in [0.2, 0.25) is 11.8 Å². The summed E-state index contributed by atoms with van der Waals surface area (Å²) in [6, 6.07) is 17.8. The van der Waals surface area contributed by atoms with Crippen LogP contribution in [0.3, 0.4) is 0 Å². The highest BCUT2D eigenvalue weighted by atomic mass is 16.2. The van der Waals surface area contributed by atoms with E-state index in [0.29, 0.717) is 31.6 Å². The van der Waals surface area contributed by atoms with E-state index in [-0.39, 0.29) is 30.1 Å². The minimum absolute atomic E-state index is 0.0443. The lowest BCUT2D eigenvalue weighted by atomic mass is 9.89. The van der Waals surface area contributed by atoms with Gasteiger partial charge in [-0.3, -0.25) is 14.4 Å². The zero-order valence-corrected chi connectivity index (χ0v) is 16.5. The van der Waals surface area contributed by atoms with E-state index in [2.05, 4.69) is 0 Å². The number of nitrogens with zero attached hydrogens (tertiary/aromatic N) is 2. The maximum absolute atomic E-state index is 13.0. The predicted molar refractivity (Wildman–Crippen MR) is 111 cm³/mol. The lowest BCUT2D eigenvalue weighted by molar-refractivity contribution is -0.139. The summed E-state index contributed by atoms with van der Waals surface area (Å²) >= 11 is 0. The number of hydrogen-bond donors (Lipinski definition) is 0. The second kappa shape index (κ2) is 8.60. The Morgan fingerprint density at radius 2 is 1.62 bits per heavy atom. The lowest BCUT2D eigenvalue weighted by Gasteiger charge is -2.33. The number of amides is 2. The summed E-state index contributed by atoms with van der Waals surface area (Å²) in [6.07, 6.45) is 2.98. The zero-order valence-electron chi connectivity index (χ0n) is 16.5. The summed E-state index contributed by atoms with van der Waals surface area (Å²) < 4.78 is 0. The Morgan fingerprint density at radius 1 is 0.897 bits per heavy atom. The van der Waals surface area contributed by atoms with Crippen LogP contribution < -0.4 is 0 Å². The molecule has 0 aromatic heterocycles. The number of likely N-dealkylation sites (tertiary alicyclic amines) is 2. The van der Waals surface area contributed by atoms with E-state index in [4.69, 9.17) is 0 Å². The third-order valence-corrected chi connectivity index (χ3v) is 5.92. The van der Waals surface area contributed by atoms with Crippen molar-refractivity contribution in [1.29, 1.82) is 0 Å². The molecule has 2 fully saturated rings. The fraction of sp³-hybridized carbons (Fsp3) is 0.375. The Morgan fingerprint density at radius 3 is 2.31 bits per heavy atom. The second-order valence-corrected chi connectivity index (χ2v) is 7.91. The molecule has 5 nitrogen and oxygen atoms in total.